The molecule has 7 nitrogen and oxygen atoms in total. The summed E-state index contributed by atoms with van der Waals surface area (Å²) >= 11 is 5.88. The number of aromatic nitrogens is 4. The van der Waals surface area contributed by atoms with Crippen LogP contribution >= 0.6 is 11.6 Å². The third-order valence-electron chi connectivity index (χ3n) is 5.74. The van der Waals surface area contributed by atoms with Crippen LogP contribution in [-0.4, -0.2) is 49.9 Å². The number of likely N-dealkylation sites (tertiary alicyclic amines) is 1. The van der Waals surface area contributed by atoms with Crippen LogP contribution in [0, 0.1) is 12.8 Å². The Hall–Kier alpha value is -3.06. The average molecular weight is 437 g/mol. The number of halogens is 1. The van der Waals surface area contributed by atoms with Gasteiger partial charge in [-0.15, -0.1) is 0 Å². The van der Waals surface area contributed by atoms with E-state index in [1.54, 1.807) is 24.8 Å². The minimum absolute atomic E-state index is 0.0259. The highest BCUT2D eigenvalue weighted by atomic mass is 35.5. The third-order valence-corrected chi connectivity index (χ3v) is 5.94. The summed E-state index contributed by atoms with van der Waals surface area (Å²) in [5.41, 5.74) is 3.40. The van der Waals surface area contributed by atoms with Crippen LogP contribution in [0.4, 0.5) is 5.95 Å². The van der Waals surface area contributed by atoms with Gasteiger partial charge in [0.05, 0.1) is 23.5 Å². The first-order valence-corrected chi connectivity index (χ1v) is 10.8. The third kappa shape index (κ3) is 4.82. The van der Waals surface area contributed by atoms with Gasteiger partial charge in [-0.05, 0) is 37.3 Å². The number of rotatable bonds is 5. The van der Waals surface area contributed by atoms with Gasteiger partial charge in [0, 0.05) is 36.6 Å². The van der Waals surface area contributed by atoms with E-state index in [9.17, 15) is 4.79 Å². The molecule has 2 unspecified atom stereocenters. The summed E-state index contributed by atoms with van der Waals surface area (Å²) in [6, 6.07) is 5.97. The van der Waals surface area contributed by atoms with Gasteiger partial charge in [-0.3, -0.25) is 4.79 Å². The fraction of sp³-hybridized carbons (Fsp3) is 0.348. The maximum Gasteiger partial charge on any atom is 0.254 e. The molecule has 3 aromatic rings. The average Bonchev–Trinajstić information content (AvgIpc) is 2.79. The van der Waals surface area contributed by atoms with Gasteiger partial charge < -0.3 is 10.2 Å². The van der Waals surface area contributed by atoms with Gasteiger partial charge in [-0.1, -0.05) is 36.2 Å². The van der Waals surface area contributed by atoms with Crippen LogP contribution in [0.2, 0.25) is 5.02 Å². The van der Waals surface area contributed by atoms with Gasteiger partial charge in [-0.25, -0.2) is 19.9 Å². The molecule has 1 aromatic carbocycles. The summed E-state index contributed by atoms with van der Waals surface area (Å²) in [5.74, 6) is 0.885. The van der Waals surface area contributed by atoms with Gasteiger partial charge in [0.25, 0.3) is 5.91 Å². The molecule has 31 heavy (non-hydrogen) atoms. The lowest BCUT2D eigenvalue weighted by molar-refractivity contribution is 0.0540. The van der Waals surface area contributed by atoms with E-state index in [0.29, 0.717) is 29.0 Å². The maximum absolute atomic E-state index is 13.8. The number of nitrogens with zero attached hydrogens (tertiary/aromatic N) is 5. The van der Waals surface area contributed by atoms with Crippen LogP contribution in [0.3, 0.4) is 0 Å². The molecule has 1 fully saturated rings. The molecule has 1 aliphatic rings. The van der Waals surface area contributed by atoms with Crippen molar-refractivity contribution < 1.29 is 4.79 Å². The van der Waals surface area contributed by atoms with Crippen molar-refractivity contribution in [3.05, 3.63) is 65.5 Å². The van der Waals surface area contributed by atoms with Crippen molar-refractivity contribution in [3.8, 4) is 11.1 Å². The summed E-state index contributed by atoms with van der Waals surface area (Å²) in [6.07, 6.45) is 10.2. The van der Waals surface area contributed by atoms with Crippen molar-refractivity contribution in [2.24, 2.45) is 5.92 Å². The molecule has 1 N–H and O–H groups in total. The van der Waals surface area contributed by atoms with E-state index >= 15 is 0 Å². The Labute approximate surface area is 186 Å². The molecule has 0 saturated carbocycles. The standard InChI is InChI=1S/C23H25ClN6O/c1-15-5-6-19(17-9-25-14-26-10-17)20(8-15)22(31)30-7-3-4-16(2)21(30)13-29-23-27-11-18(24)12-28-23/h5-6,8-12,14,16,21H,3-4,7,13H2,1-2H3,(H,27,28,29). The molecule has 2 atom stereocenters. The molecule has 0 bridgehead atoms. The predicted octanol–water partition coefficient (Wildman–Crippen LogP) is 4.25. The Bertz CT molecular complexity index is 1040. The van der Waals surface area contributed by atoms with E-state index < -0.39 is 0 Å². The summed E-state index contributed by atoms with van der Waals surface area (Å²) in [7, 11) is 0. The van der Waals surface area contributed by atoms with E-state index in [1.165, 1.54) is 6.33 Å². The van der Waals surface area contributed by atoms with Crippen LogP contribution in [0.25, 0.3) is 11.1 Å². The fourth-order valence-corrected chi connectivity index (χ4v) is 4.19. The van der Waals surface area contributed by atoms with Crippen LogP contribution in [0.15, 0.2) is 49.3 Å². The zero-order valence-electron chi connectivity index (χ0n) is 17.6. The highest BCUT2D eigenvalue weighted by molar-refractivity contribution is 6.30. The Balaban J connectivity index is 1.61. The number of carbonyl (C=O) groups is 1. The first-order chi connectivity index (χ1) is 15.0. The highest BCUT2D eigenvalue weighted by Gasteiger charge is 2.33. The molecule has 0 aliphatic carbocycles. The van der Waals surface area contributed by atoms with Crippen LogP contribution in [0.1, 0.15) is 35.7 Å². The molecular weight excluding hydrogens is 412 g/mol. The van der Waals surface area contributed by atoms with Crippen LogP contribution < -0.4 is 5.32 Å². The first kappa shape index (κ1) is 21.2. The van der Waals surface area contributed by atoms with Gasteiger partial charge in [0.15, 0.2) is 0 Å². The highest BCUT2D eigenvalue weighted by Crippen LogP contribution is 2.29. The fourth-order valence-electron chi connectivity index (χ4n) is 4.09. The molecule has 1 saturated heterocycles. The molecule has 1 aliphatic heterocycles. The zero-order chi connectivity index (χ0) is 21.8. The van der Waals surface area contributed by atoms with Gasteiger partial charge >= 0.3 is 0 Å². The number of anilines is 1. The van der Waals surface area contributed by atoms with Crippen molar-refractivity contribution in [3.63, 3.8) is 0 Å². The number of amides is 1. The van der Waals surface area contributed by atoms with Gasteiger partial charge in [0.1, 0.15) is 6.33 Å². The summed E-state index contributed by atoms with van der Waals surface area (Å²) in [5, 5.41) is 3.76. The van der Waals surface area contributed by atoms with Crippen molar-refractivity contribution in [1.82, 2.24) is 24.8 Å². The summed E-state index contributed by atoms with van der Waals surface area (Å²) < 4.78 is 0. The Kier molecular flexibility index (Phi) is 6.42. The number of hydrogen-bond acceptors (Lipinski definition) is 6. The minimum Gasteiger partial charge on any atom is -0.352 e. The largest absolute Gasteiger partial charge is 0.352 e. The van der Waals surface area contributed by atoms with Gasteiger partial charge in [0.2, 0.25) is 5.95 Å². The quantitative estimate of drug-likeness (QED) is 0.643. The Morgan fingerprint density at radius 3 is 2.68 bits per heavy atom. The number of nitrogens with one attached hydrogen (secondary N) is 1. The van der Waals surface area contributed by atoms with E-state index in [4.69, 9.17) is 11.6 Å². The van der Waals surface area contributed by atoms with E-state index in [2.05, 4.69) is 32.2 Å². The zero-order valence-corrected chi connectivity index (χ0v) is 18.4. The summed E-state index contributed by atoms with van der Waals surface area (Å²) in [4.78, 5) is 32.4. The van der Waals surface area contributed by atoms with Crippen LogP contribution in [0.5, 0.6) is 0 Å². The predicted molar refractivity (Wildman–Crippen MR) is 121 cm³/mol. The number of aryl methyl sites for hydroxylation is 1. The topological polar surface area (TPSA) is 83.9 Å². The van der Waals surface area contributed by atoms with Crippen molar-refractivity contribution in [2.45, 2.75) is 32.7 Å². The summed E-state index contributed by atoms with van der Waals surface area (Å²) in [6.45, 7) is 5.48. The molecule has 2 aromatic heterocycles. The molecule has 0 spiro atoms. The molecule has 0 radical (unpaired) electrons. The van der Waals surface area contributed by atoms with Crippen molar-refractivity contribution in [2.75, 3.05) is 18.4 Å². The number of hydrogen-bond donors (Lipinski definition) is 1. The lowest BCUT2D eigenvalue weighted by atomic mass is 9.89. The minimum atomic E-state index is 0.0259. The second-order valence-corrected chi connectivity index (χ2v) is 8.40. The van der Waals surface area contributed by atoms with Crippen molar-refractivity contribution in [1.29, 1.82) is 0 Å². The Morgan fingerprint density at radius 1 is 1.19 bits per heavy atom. The smallest absolute Gasteiger partial charge is 0.254 e. The SMILES string of the molecule is Cc1ccc(-c2cncnc2)c(C(=O)N2CCCC(C)C2CNc2ncc(Cl)cn2)c1. The molecule has 1 amide bonds. The van der Waals surface area contributed by atoms with E-state index in [0.717, 1.165) is 36.1 Å². The second-order valence-electron chi connectivity index (χ2n) is 7.97. The number of carbonyl (C=O) groups excluding carboxylic acids is 1. The van der Waals surface area contributed by atoms with E-state index in [-0.39, 0.29) is 11.9 Å². The van der Waals surface area contributed by atoms with Gasteiger partial charge in [-0.2, -0.15) is 0 Å². The number of benzene rings is 1. The first-order valence-electron chi connectivity index (χ1n) is 10.4. The maximum atomic E-state index is 13.8. The van der Waals surface area contributed by atoms with Crippen molar-refractivity contribution >= 4 is 23.5 Å². The molecule has 8 heteroatoms. The second kappa shape index (κ2) is 9.39. The molecule has 3 heterocycles. The number of piperidine rings is 1. The monoisotopic (exact) mass is 436 g/mol. The molecule has 4 rings (SSSR count). The molecular formula is C23H25ClN6O. The molecule has 160 valence electrons. The normalized spacial score (nSPS) is 18.6. The van der Waals surface area contributed by atoms with Crippen LogP contribution in [-0.2, 0) is 0 Å². The lowest BCUT2D eigenvalue weighted by Gasteiger charge is -2.40. The van der Waals surface area contributed by atoms with E-state index in [1.807, 2.05) is 30.0 Å². The lowest BCUT2D eigenvalue weighted by Crippen LogP contribution is -2.51. The Morgan fingerprint density at radius 2 is 1.94 bits per heavy atom.